The third-order valence-electron chi connectivity index (χ3n) is 2.00. The van der Waals surface area contributed by atoms with E-state index < -0.39 is 8.25 Å². The van der Waals surface area contributed by atoms with Gasteiger partial charge in [-0.15, -0.1) is 9.42 Å². The molecule has 0 fully saturated rings. The standard InChI is InChI=1S/C8H17O3P/c1-3-5-8(4-2)6-7-11-12(9)10/h8H,3-7H2,1-2H3/p+1. The van der Waals surface area contributed by atoms with Gasteiger partial charge >= 0.3 is 8.25 Å². The van der Waals surface area contributed by atoms with Gasteiger partial charge in [-0.3, -0.25) is 0 Å². The molecule has 2 atom stereocenters. The molecule has 12 heavy (non-hydrogen) atoms. The average molecular weight is 193 g/mol. The third kappa shape index (κ3) is 6.71. The first kappa shape index (κ1) is 12.0. The van der Waals surface area contributed by atoms with Gasteiger partial charge in [0, 0.05) is 4.57 Å². The lowest BCUT2D eigenvalue weighted by Gasteiger charge is -2.10. The molecule has 0 rings (SSSR count). The molecule has 0 bridgehead atoms. The van der Waals surface area contributed by atoms with Crippen LogP contribution in [0, 0.1) is 5.92 Å². The second-order valence-corrected chi connectivity index (χ2v) is 3.66. The minimum absolute atomic E-state index is 0.407. The van der Waals surface area contributed by atoms with Gasteiger partial charge < -0.3 is 0 Å². The fraction of sp³-hybridized carbons (Fsp3) is 1.00. The van der Waals surface area contributed by atoms with Crippen molar-refractivity contribution in [2.75, 3.05) is 6.61 Å². The molecule has 0 aromatic rings. The zero-order valence-electron chi connectivity index (χ0n) is 7.82. The molecule has 0 amide bonds. The van der Waals surface area contributed by atoms with E-state index in [1.54, 1.807) is 0 Å². The van der Waals surface area contributed by atoms with Crippen LogP contribution in [0.15, 0.2) is 0 Å². The zero-order chi connectivity index (χ0) is 9.40. The summed E-state index contributed by atoms with van der Waals surface area (Å²) < 4.78 is 14.7. The summed E-state index contributed by atoms with van der Waals surface area (Å²) in [5.74, 6) is 0.643. The summed E-state index contributed by atoms with van der Waals surface area (Å²) in [6, 6.07) is 0. The zero-order valence-corrected chi connectivity index (χ0v) is 8.72. The highest BCUT2D eigenvalue weighted by molar-refractivity contribution is 7.32. The van der Waals surface area contributed by atoms with Crippen molar-refractivity contribution in [2.24, 2.45) is 5.92 Å². The van der Waals surface area contributed by atoms with Crippen LogP contribution in [0.2, 0.25) is 0 Å². The van der Waals surface area contributed by atoms with Crippen molar-refractivity contribution >= 4 is 8.25 Å². The van der Waals surface area contributed by atoms with Gasteiger partial charge in [0.05, 0.1) is 0 Å². The van der Waals surface area contributed by atoms with Crippen LogP contribution in [0.4, 0.5) is 0 Å². The van der Waals surface area contributed by atoms with Gasteiger partial charge in [-0.2, -0.15) is 0 Å². The summed E-state index contributed by atoms with van der Waals surface area (Å²) >= 11 is 0. The summed E-state index contributed by atoms with van der Waals surface area (Å²) in [5.41, 5.74) is 0. The van der Waals surface area contributed by atoms with E-state index in [0.29, 0.717) is 12.5 Å². The number of hydrogen-bond donors (Lipinski definition) is 1. The monoisotopic (exact) mass is 193 g/mol. The van der Waals surface area contributed by atoms with Gasteiger partial charge in [0.15, 0.2) is 0 Å². The van der Waals surface area contributed by atoms with E-state index in [-0.39, 0.29) is 0 Å². The van der Waals surface area contributed by atoms with E-state index in [2.05, 4.69) is 18.4 Å². The molecule has 3 nitrogen and oxygen atoms in total. The largest absolute Gasteiger partial charge is 0.694 e. The Balaban J connectivity index is 3.37. The van der Waals surface area contributed by atoms with E-state index in [4.69, 9.17) is 4.89 Å². The molecule has 0 radical (unpaired) electrons. The Morgan fingerprint density at radius 2 is 2.08 bits per heavy atom. The predicted molar refractivity (Wildman–Crippen MR) is 49.1 cm³/mol. The molecule has 0 saturated carbocycles. The highest BCUT2D eigenvalue weighted by Gasteiger charge is 2.13. The minimum Gasteiger partial charge on any atom is -0.133 e. The molecule has 0 aromatic carbocycles. The quantitative estimate of drug-likeness (QED) is 0.632. The molecule has 0 saturated heterocycles. The first-order valence-corrected chi connectivity index (χ1v) is 5.62. The van der Waals surface area contributed by atoms with E-state index in [1.165, 1.54) is 12.8 Å². The highest BCUT2D eigenvalue weighted by atomic mass is 31.1. The van der Waals surface area contributed by atoms with Gasteiger partial charge in [-0.25, -0.2) is 0 Å². The van der Waals surface area contributed by atoms with Crippen LogP contribution >= 0.6 is 8.25 Å². The molecule has 0 heterocycles. The second-order valence-electron chi connectivity index (χ2n) is 2.92. The normalized spacial score (nSPS) is 14.4. The topological polar surface area (TPSA) is 46.5 Å². The van der Waals surface area contributed by atoms with Crippen molar-refractivity contribution in [2.45, 2.75) is 39.5 Å². The molecule has 0 aromatic heterocycles. The number of hydrogen-bond acceptors (Lipinski definition) is 2. The van der Waals surface area contributed by atoms with Crippen LogP contribution in [0.5, 0.6) is 0 Å². The molecule has 72 valence electrons. The van der Waals surface area contributed by atoms with Gasteiger partial charge in [0.2, 0.25) is 0 Å². The molecule has 0 aliphatic heterocycles. The minimum atomic E-state index is -2.40. The summed E-state index contributed by atoms with van der Waals surface area (Å²) in [5, 5.41) is 0. The fourth-order valence-electron chi connectivity index (χ4n) is 1.26. The lowest BCUT2D eigenvalue weighted by Crippen LogP contribution is -2.01. The first-order chi connectivity index (χ1) is 5.70. The smallest absolute Gasteiger partial charge is 0.133 e. The van der Waals surface area contributed by atoms with E-state index in [9.17, 15) is 4.57 Å². The summed E-state index contributed by atoms with van der Waals surface area (Å²) in [7, 11) is -2.40. The van der Waals surface area contributed by atoms with Crippen molar-refractivity contribution in [1.82, 2.24) is 0 Å². The van der Waals surface area contributed by atoms with Crippen LogP contribution < -0.4 is 0 Å². The SMILES string of the molecule is CCCC(CC)CCO[P+](=O)O. The van der Waals surface area contributed by atoms with Crippen molar-refractivity contribution < 1.29 is 14.0 Å². The Labute approximate surface area is 75.1 Å². The van der Waals surface area contributed by atoms with Gasteiger partial charge in [0.1, 0.15) is 6.61 Å². The molecule has 4 heteroatoms. The van der Waals surface area contributed by atoms with Crippen LogP contribution in [-0.2, 0) is 9.09 Å². The molecule has 0 aliphatic carbocycles. The molecular weight excluding hydrogens is 175 g/mol. The van der Waals surface area contributed by atoms with Crippen molar-refractivity contribution in [3.8, 4) is 0 Å². The fourth-order valence-corrected chi connectivity index (χ4v) is 1.52. The third-order valence-corrected chi connectivity index (χ3v) is 2.41. The second kappa shape index (κ2) is 7.66. The Bertz CT molecular complexity index is 127. The van der Waals surface area contributed by atoms with Gasteiger partial charge in [-0.05, 0) is 12.3 Å². The molecule has 0 spiro atoms. The van der Waals surface area contributed by atoms with E-state index in [1.807, 2.05) is 0 Å². The van der Waals surface area contributed by atoms with E-state index in [0.717, 1.165) is 12.8 Å². The molecule has 0 aliphatic rings. The molecule has 1 N–H and O–H groups in total. The van der Waals surface area contributed by atoms with Crippen molar-refractivity contribution in [1.29, 1.82) is 0 Å². The Hall–Kier alpha value is 0.0200. The van der Waals surface area contributed by atoms with E-state index >= 15 is 0 Å². The first-order valence-electron chi connectivity index (χ1n) is 4.49. The Kier molecular flexibility index (Phi) is 7.67. The van der Waals surface area contributed by atoms with Crippen molar-refractivity contribution in [3.63, 3.8) is 0 Å². The lowest BCUT2D eigenvalue weighted by atomic mass is 9.98. The average Bonchev–Trinajstić information content (AvgIpc) is 2.02. The maximum atomic E-state index is 10.2. The maximum Gasteiger partial charge on any atom is 0.694 e. The summed E-state index contributed by atoms with van der Waals surface area (Å²) in [6.45, 7) is 4.69. The van der Waals surface area contributed by atoms with Crippen LogP contribution in [0.3, 0.4) is 0 Å². The van der Waals surface area contributed by atoms with Gasteiger partial charge in [0.25, 0.3) is 0 Å². The van der Waals surface area contributed by atoms with Crippen LogP contribution in [0.25, 0.3) is 0 Å². The Morgan fingerprint density at radius 3 is 2.50 bits per heavy atom. The molecule has 2 unspecified atom stereocenters. The summed E-state index contributed by atoms with van der Waals surface area (Å²) in [6.07, 6.45) is 4.37. The lowest BCUT2D eigenvalue weighted by molar-refractivity contribution is 0.248. The maximum absolute atomic E-state index is 10.2. The molecular formula is C8H18O3P+. The van der Waals surface area contributed by atoms with Crippen LogP contribution in [0.1, 0.15) is 39.5 Å². The van der Waals surface area contributed by atoms with Gasteiger partial charge in [-0.1, -0.05) is 33.1 Å². The highest BCUT2D eigenvalue weighted by Crippen LogP contribution is 2.19. The van der Waals surface area contributed by atoms with Crippen LogP contribution in [-0.4, -0.2) is 11.5 Å². The number of rotatable bonds is 7. The Morgan fingerprint density at radius 1 is 1.42 bits per heavy atom. The summed E-state index contributed by atoms with van der Waals surface area (Å²) in [4.78, 5) is 8.35. The van der Waals surface area contributed by atoms with Crippen molar-refractivity contribution in [3.05, 3.63) is 0 Å². The predicted octanol–water partition coefficient (Wildman–Crippen LogP) is 2.87.